The van der Waals surface area contributed by atoms with Crippen molar-refractivity contribution in [3.8, 4) is 0 Å². The van der Waals surface area contributed by atoms with Crippen LogP contribution in [0.5, 0.6) is 0 Å². The Morgan fingerprint density at radius 2 is 1.66 bits per heavy atom. The average Bonchev–Trinajstić information content (AvgIpc) is 2.75. The first kappa shape index (κ1) is 21.1. The largest absolute Gasteiger partial charge is 0.445 e. The normalized spacial score (nSPS) is 14.0. The summed E-state index contributed by atoms with van der Waals surface area (Å²) in [5.74, 6) is -0.386. The maximum absolute atomic E-state index is 12.3. The van der Waals surface area contributed by atoms with Crippen molar-refractivity contribution in [2.24, 2.45) is 0 Å². The van der Waals surface area contributed by atoms with Crippen LogP contribution < -0.4 is 5.32 Å². The minimum Gasteiger partial charge on any atom is -0.445 e. The van der Waals surface area contributed by atoms with E-state index < -0.39 is 0 Å². The van der Waals surface area contributed by atoms with Crippen LogP contribution in [0.2, 0.25) is 0 Å². The molecule has 1 saturated heterocycles. The number of alkyl halides is 1. The molecule has 154 valence electrons. The van der Waals surface area contributed by atoms with Gasteiger partial charge in [0.15, 0.2) is 0 Å². The number of hydrogen-bond acceptors (Lipinski definition) is 4. The van der Waals surface area contributed by atoms with E-state index in [4.69, 9.17) is 4.74 Å². The van der Waals surface area contributed by atoms with E-state index in [-0.39, 0.29) is 36.4 Å². The third-order valence-electron chi connectivity index (χ3n) is 4.87. The topological polar surface area (TPSA) is 79.0 Å². The van der Waals surface area contributed by atoms with E-state index in [0.717, 1.165) is 16.3 Å². The fraction of sp³-hybridized carbons (Fsp3) is 0.381. The quantitative estimate of drug-likeness (QED) is 0.693. The van der Waals surface area contributed by atoms with Gasteiger partial charge in [-0.3, -0.25) is 9.59 Å². The molecule has 0 aliphatic carbocycles. The van der Waals surface area contributed by atoms with Crippen molar-refractivity contribution < 1.29 is 19.1 Å². The highest BCUT2D eigenvalue weighted by Crippen LogP contribution is 2.18. The number of piperazine rings is 1. The highest BCUT2D eigenvalue weighted by molar-refractivity contribution is 9.09. The van der Waals surface area contributed by atoms with Crippen LogP contribution in [0.4, 0.5) is 4.79 Å². The van der Waals surface area contributed by atoms with E-state index in [1.54, 1.807) is 9.80 Å². The Hall–Kier alpha value is -2.61. The molecule has 3 rings (SSSR count). The molecule has 1 fully saturated rings. The smallest absolute Gasteiger partial charge is 0.410 e. The molecule has 1 heterocycles. The van der Waals surface area contributed by atoms with Gasteiger partial charge in [0.1, 0.15) is 6.61 Å². The van der Waals surface area contributed by atoms with Crippen LogP contribution >= 0.6 is 15.9 Å². The van der Waals surface area contributed by atoms with Gasteiger partial charge in [-0.2, -0.15) is 0 Å². The molecule has 0 atom stereocenters. The molecule has 0 aromatic heterocycles. The van der Waals surface area contributed by atoms with E-state index >= 15 is 0 Å². The lowest BCUT2D eigenvalue weighted by molar-refractivity contribution is -0.133. The van der Waals surface area contributed by atoms with Gasteiger partial charge in [-0.15, -0.1) is 0 Å². The minimum absolute atomic E-state index is 0.0314. The third kappa shape index (κ3) is 5.69. The zero-order valence-corrected chi connectivity index (χ0v) is 17.9. The van der Waals surface area contributed by atoms with E-state index in [1.807, 2.05) is 18.2 Å². The molecule has 0 spiro atoms. The minimum atomic E-state index is -0.381. The summed E-state index contributed by atoms with van der Waals surface area (Å²) in [4.78, 5) is 38.9. The number of ether oxygens (including phenoxy) is 1. The van der Waals surface area contributed by atoms with Gasteiger partial charge >= 0.3 is 6.09 Å². The molecular weight excluding hydrogens is 438 g/mol. The number of amides is 3. The average molecular weight is 462 g/mol. The second-order valence-corrected chi connectivity index (χ2v) is 7.58. The molecular formula is C21H24BrN3O4. The van der Waals surface area contributed by atoms with Gasteiger partial charge in [-0.05, 0) is 29.3 Å². The fourth-order valence-electron chi connectivity index (χ4n) is 3.21. The standard InChI is InChI=1S/C21H24BrN3O4/c1-15-2-4-18-11-16(3-5-17(18)10-15)14-29-21(28)25-8-6-24(7-9-25)20(27)13-23-19(26)12-22/h2-5,10-11H,6-9,12-14H2,1H3,(H,23,26). The Kier molecular flexibility index (Phi) is 7.09. The zero-order valence-electron chi connectivity index (χ0n) is 16.3. The number of benzene rings is 2. The predicted molar refractivity (Wildman–Crippen MR) is 114 cm³/mol. The molecule has 8 heteroatoms. The van der Waals surface area contributed by atoms with Crippen molar-refractivity contribution in [2.45, 2.75) is 13.5 Å². The highest BCUT2D eigenvalue weighted by atomic mass is 79.9. The van der Waals surface area contributed by atoms with Crippen molar-refractivity contribution in [3.63, 3.8) is 0 Å². The molecule has 2 aromatic rings. The van der Waals surface area contributed by atoms with Gasteiger partial charge < -0.3 is 19.9 Å². The van der Waals surface area contributed by atoms with Crippen LogP contribution in [-0.2, 0) is 20.9 Å². The van der Waals surface area contributed by atoms with Crippen molar-refractivity contribution in [3.05, 3.63) is 47.5 Å². The molecule has 0 unspecified atom stereocenters. The number of fused-ring (bicyclic) bond motifs is 1. The molecule has 0 saturated carbocycles. The van der Waals surface area contributed by atoms with E-state index in [9.17, 15) is 14.4 Å². The number of nitrogens with zero attached hydrogens (tertiary/aromatic N) is 2. The van der Waals surface area contributed by atoms with Gasteiger partial charge in [0.2, 0.25) is 11.8 Å². The van der Waals surface area contributed by atoms with Crippen molar-refractivity contribution in [2.75, 3.05) is 38.1 Å². The molecule has 3 amide bonds. The van der Waals surface area contributed by atoms with Crippen LogP contribution in [0.15, 0.2) is 36.4 Å². The van der Waals surface area contributed by atoms with Crippen LogP contribution in [0, 0.1) is 6.92 Å². The Morgan fingerprint density at radius 1 is 1.00 bits per heavy atom. The van der Waals surface area contributed by atoms with Crippen LogP contribution in [0.1, 0.15) is 11.1 Å². The Bertz CT molecular complexity index is 910. The van der Waals surface area contributed by atoms with Crippen LogP contribution in [0.25, 0.3) is 10.8 Å². The van der Waals surface area contributed by atoms with Crippen molar-refractivity contribution in [1.82, 2.24) is 15.1 Å². The number of hydrogen-bond donors (Lipinski definition) is 1. The van der Waals surface area contributed by atoms with Crippen molar-refractivity contribution in [1.29, 1.82) is 0 Å². The van der Waals surface area contributed by atoms with Crippen molar-refractivity contribution >= 4 is 44.6 Å². The molecule has 29 heavy (non-hydrogen) atoms. The predicted octanol–water partition coefficient (Wildman–Crippen LogP) is 2.44. The van der Waals surface area contributed by atoms with Gasteiger partial charge in [0, 0.05) is 26.2 Å². The molecule has 0 bridgehead atoms. The summed E-state index contributed by atoms with van der Waals surface area (Å²) < 4.78 is 5.45. The zero-order chi connectivity index (χ0) is 20.8. The van der Waals surface area contributed by atoms with E-state index in [2.05, 4.69) is 46.4 Å². The van der Waals surface area contributed by atoms with Crippen LogP contribution in [-0.4, -0.2) is 65.8 Å². The van der Waals surface area contributed by atoms with Gasteiger partial charge in [-0.1, -0.05) is 51.8 Å². The summed E-state index contributed by atoms with van der Waals surface area (Å²) in [6, 6.07) is 12.3. The first-order valence-corrected chi connectivity index (χ1v) is 10.6. The maximum Gasteiger partial charge on any atom is 0.410 e. The summed E-state index contributed by atoms with van der Waals surface area (Å²) in [6.07, 6.45) is -0.381. The lowest BCUT2D eigenvalue weighted by Gasteiger charge is -2.34. The Balaban J connectivity index is 1.45. The second kappa shape index (κ2) is 9.73. The maximum atomic E-state index is 12.3. The number of carbonyl (C=O) groups is 3. The lowest BCUT2D eigenvalue weighted by Crippen LogP contribution is -2.52. The first-order valence-electron chi connectivity index (χ1n) is 9.47. The summed E-state index contributed by atoms with van der Waals surface area (Å²) in [5, 5.41) is 4.97. The van der Waals surface area contributed by atoms with E-state index in [1.165, 1.54) is 5.56 Å². The fourth-order valence-corrected chi connectivity index (χ4v) is 3.41. The second-order valence-electron chi connectivity index (χ2n) is 7.02. The monoisotopic (exact) mass is 461 g/mol. The molecule has 1 aliphatic heterocycles. The first-order chi connectivity index (χ1) is 14.0. The number of nitrogens with one attached hydrogen (secondary N) is 1. The third-order valence-corrected chi connectivity index (χ3v) is 5.38. The number of aryl methyl sites for hydroxylation is 1. The summed E-state index contributed by atoms with van der Waals surface area (Å²) in [6.45, 7) is 3.90. The van der Waals surface area contributed by atoms with E-state index in [0.29, 0.717) is 26.2 Å². The number of rotatable bonds is 5. The Labute approximate surface area is 178 Å². The molecule has 2 aromatic carbocycles. The van der Waals surface area contributed by atoms with Gasteiger partial charge in [-0.25, -0.2) is 4.79 Å². The van der Waals surface area contributed by atoms with Crippen LogP contribution in [0.3, 0.4) is 0 Å². The summed E-state index contributed by atoms with van der Waals surface area (Å²) in [7, 11) is 0. The summed E-state index contributed by atoms with van der Waals surface area (Å²) in [5.41, 5.74) is 2.14. The molecule has 7 nitrogen and oxygen atoms in total. The number of halogens is 1. The Morgan fingerprint density at radius 3 is 2.38 bits per heavy atom. The van der Waals surface area contributed by atoms with Gasteiger partial charge in [0.25, 0.3) is 0 Å². The summed E-state index contributed by atoms with van der Waals surface area (Å²) >= 11 is 3.04. The molecule has 1 N–H and O–H groups in total. The molecule has 0 radical (unpaired) electrons. The highest BCUT2D eigenvalue weighted by Gasteiger charge is 2.25. The van der Waals surface area contributed by atoms with Gasteiger partial charge in [0.05, 0.1) is 11.9 Å². The SMILES string of the molecule is Cc1ccc2cc(COC(=O)N3CCN(C(=O)CNC(=O)CBr)CC3)ccc2c1. The lowest BCUT2D eigenvalue weighted by atomic mass is 10.1. The number of carbonyl (C=O) groups excluding carboxylic acids is 3. The molecule has 1 aliphatic rings.